The van der Waals surface area contributed by atoms with Crippen LogP contribution < -0.4 is 27.4 Å². The fraction of sp³-hybridized carbons (Fsp3) is 0.258. The van der Waals surface area contributed by atoms with E-state index in [1.165, 1.54) is 4.90 Å². The Morgan fingerprint density at radius 1 is 0.980 bits per heavy atom. The minimum Gasteiger partial charge on any atom is -0.475 e. The Kier molecular flexibility index (Phi) is 12.7. The Morgan fingerprint density at radius 2 is 1.53 bits per heavy atom. The number of carbonyl (C=O) groups is 4. The molecular weight excluding hydrogens is 653 g/mol. The van der Waals surface area contributed by atoms with Gasteiger partial charge in [-0.15, -0.1) is 0 Å². The van der Waals surface area contributed by atoms with Gasteiger partial charge in [-0.2, -0.15) is 13.2 Å². The number of alkyl halides is 3. The van der Waals surface area contributed by atoms with E-state index in [0.29, 0.717) is 30.5 Å². The number of carboxylic acids is 1. The Balaban J connectivity index is 0.000000838. The van der Waals surface area contributed by atoms with Gasteiger partial charge in [0.1, 0.15) is 5.10 Å². The van der Waals surface area contributed by atoms with Crippen LogP contribution in [0.3, 0.4) is 0 Å². The lowest BCUT2D eigenvalue weighted by Crippen LogP contribution is -2.45. The van der Waals surface area contributed by atoms with Crippen molar-refractivity contribution < 1.29 is 42.5 Å². The highest BCUT2D eigenvalue weighted by atomic mass is 19.4. The van der Waals surface area contributed by atoms with Gasteiger partial charge in [-0.05, 0) is 35.1 Å². The maximum atomic E-state index is 14.0. The molecule has 15 nitrogen and oxygen atoms in total. The number of imide groups is 1. The zero-order valence-electron chi connectivity index (χ0n) is 25.7. The van der Waals surface area contributed by atoms with Gasteiger partial charge in [-0.1, -0.05) is 84.9 Å². The molecule has 1 fully saturated rings. The normalized spacial score (nSPS) is 14.7. The number of hydrogen-bond donors (Lipinski definition) is 6. The second kappa shape index (κ2) is 16.7. The van der Waals surface area contributed by atoms with Crippen molar-refractivity contribution in [3.05, 3.63) is 117 Å². The lowest BCUT2D eigenvalue weighted by molar-refractivity contribution is -0.485. The summed E-state index contributed by atoms with van der Waals surface area (Å²) in [5, 5.41) is 28.2. The molecule has 4 amide bonds. The number of carbonyl (C=O) groups excluding carboxylic acids is 3. The smallest absolute Gasteiger partial charge is 0.475 e. The van der Waals surface area contributed by atoms with Gasteiger partial charge in [0.05, 0.1) is 12.6 Å². The van der Waals surface area contributed by atoms with E-state index in [1.807, 2.05) is 84.9 Å². The molecule has 4 rings (SSSR count). The van der Waals surface area contributed by atoms with Crippen LogP contribution in [-0.4, -0.2) is 63.6 Å². The molecule has 3 aromatic carbocycles. The number of primary amides is 1. The molecule has 1 heterocycles. The fourth-order valence-corrected chi connectivity index (χ4v) is 4.91. The van der Waals surface area contributed by atoms with Crippen molar-refractivity contribution in [1.82, 2.24) is 20.9 Å². The summed E-state index contributed by atoms with van der Waals surface area (Å²) in [6, 6.07) is 24.5. The van der Waals surface area contributed by atoms with E-state index in [9.17, 15) is 37.7 Å². The molecule has 0 unspecified atom stereocenters. The molecule has 1 aliphatic heterocycles. The lowest BCUT2D eigenvalue weighted by Gasteiger charge is -2.28. The molecule has 8 N–H and O–H groups in total. The number of guanidine groups is 1. The summed E-state index contributed by atoms with van der Waals surface area (Å²) in [6.45, 7) is 0.624. The van der Waals surface area contributed by atoms with E-state index in [0.717, 1.165) is 11.1 Å². The first-order valence-electron chi connectivity index (χ1n) is 14.5. The predicted octanol–water partition coefficient (Wildman–Crippen LogP) is 2.14. The number of nitro groups is 1. The summed E-state index contributed by atoms with van der Waals surface area (Å²) in [6.07, 6.45) is -4.28. The minimum atomic E-state index is -5.08. The molecule has 3 aromatic rings. The van der Waals surface area contributed by atoms with Crippen molar-refractivity contribution in [3.8, 4) is 0 Å². The molecular formula is C31H33F3N8O7. The average molecular weight is 687 g/mol. The topological polar surface area (TPSA) is 235 Å². The Labute approximate surface area is 277 Å². The maximum Gasteiger partial charge on any atom is 0.490 e. The molecule has 18 heteroatoms. The number of carboxylic acid groups (broad SMARTS) is 1. The molecule has 0 spiro atoms. The van der Waals surface area contributed by atoms with Gasteiger partial charge < -0.3 is 32.5 Å². The first-order valence-corrected chi connectivity index (χ1v) is 14.5. The zero-order chi connectivity index (χ0) is 36.2. The van der Waals surface area contributed by atoms with Crippen LogP contribution in [0.5, 0.6) is 0 Å². The van der Waals surface area contributed by atoms with Crippen LogP contribution >= 0.6 is 0 Å². The number of nitrogens with zero attached hydrogens (tertiary/aromatic N) is 3. The largest absolute Gasteiger partial charge is 0.490 e. The van der Waals surface area contributed by atoms with Crippen molar-refractivity contribution in [1.29, 1.82) is 0 Å². The van der Waals surface area contributed by atoms with E-state index < -0.39 is 40.7 Å². The van der Waals surface area contributed by atoms with Gasteiger partial charge in [0.25, 0.3) is 11.9 Å². The van der Waals surface area contributed by atoms with Crippen molar-refractivity contribution >= 4 is 29.8 Å². The van der Waals surface area contributed by atoms with Crippen molar-refractivity contribution in [2.75, 3.05) is 6.54 Å². The molecule has 49 heavy (non-hydrogen) atoms. The molecule has 260 valence electrons. The van der Waals surface area contributed by atoms with E-state index in [2.05, 4.69) is 21.1 Å². The summed E-state index contributed by atoms with van der Waals surface area (Å²) in [7, 11) is 0. The first-order chi connectivity index (χ1) is 23.1. The number of urea groups is 1. The molecule has 0 saturated carbocycles. The second-order valence-corrected chi connectivity index (χ2v) is 10.6. The Bertz CT molecular complexity index is 1630. The SMILES string of the molecule is NC(=O)[C@@H](CCCNC(N)=N[N+](=O)[O-])NCc1cccc(CN2C(=O)NC(c3ccccc3)(c3ccccc3)C2=O)c1.O=C(O)C(F)(F)F. The first kappa shape index (κ1) is 37.4. The number of nitrogens with two attached hydrogens (primary N) is 2. The highest BCUT2D eigenvalue weighted by Crippen LogP contribution is 2.36. The fourth-order valence-electron chi connectivity index (χ4n) is 4.91. The monoisotopic (exact) mass is 686 g/mol. The quantitative estimate of drug-likeness (QED) is 0.0383. The summed E-state index contributed by atoms with van der Waals surface area (Å²) >= 11 is 0. The summed E-state index contributed by atoms with van der Waals surface area (Å²) in [4.78, 5) is 59.6. The maximum absolute atomic E-state index is 14.0. The highest BCUT2D eigenvalue weighted by molar-refractivity contribution is 6.09. The van der Waals surface area contributed by atoms with Crippen LogP contribution in [0, 0.1) is 10.1 Å². The third kappa shape index (κ3) is 10.2. The number of rotatable bonds is 13. The number of amides is 4. The molecule has 0 radical (unpaired) electrons. The minimum absolute atomic E-state index is 0.0535. The number of aliphatic carboxylic acids is 1. The Hall–Kier alpha value is -6.04. The molecule has 1 aliphatic rings. The van der Waals surface area contributed by atoms with Crippen LogP contribution in [-0.2, 0) is 33.0 Å². The van der Waals surface area contributed by atoms with Crippen LogP contribution in [0.1, 0.15) is 35.1 Å². The summed E-state index contributed by atoms with van der Waals surface area (Å²) in [5.41, 5.74) is 12.5. The second-order valence-electron chi connectivity index (χ2n) is 10.6. The van der Waals surface area contributed by atoms with Crippen molar-refractivity contribution in [2.45, 2.75) is 43.7 Å². The lowest BCUT2D eigenvalue weighted by atomic mass is 9.82. The number of benzene rings is 3. The van der Waals surface area contributed by atoms with Gasteiger partial charge >= 0.3 is 18.2 Å². The van der Waals surface area contributed by atoms with E-state index in [1.54, 1.807) is 0 Å². The number of nitrogens with one attached hydrogen (secondary N) is 3. The van der Waals surface area contributed by atoms with Gasteiger partial charge in [0.2, 0.25) is 5.91 Å². The zero-order valence-corrected chi connectivity index (χ0v) is 25.7. The van der Waals surface area contributed by atoms with E-state index in [-0.39, 0.29) is 25.0 Å². The van der Waals surface area contributed by atoms with Crippen molar-refractivity contribution in [2.24, 2.45) is 16.6 Å². The Morgan fingerprint density at radius 3 is 2.04 bits per heavy atom. The molecule has 0 aromatic heterocycles. The van der Waals surface area contributed by atoms with Crippen LogP contribution in [0.25, 0.3) is 0 Å². The summed E-state index contributed by atoms with van der Waals surface area (Å²) in [5.74, 6) is -4.00. The highest BCUT2D eigenvalue weighted by Gasteiger charge is 2.53. The van der Waals surface area contributed by atoms with Crippen molar-refractivity contribution in [3.63, 3.8) is 0 Å². The molecule has 0 aliphatic carbocycles. The van der Waals surface area contributed by atoms with Crippen LogP contribution in [0.2, 0.25) is 0 Å². The number of hydrazone groups is 1. The standard InChI is InChI=1S/C29H32N8O5.C2HF3O2/c30-25(38)24(15-8-16-32-27(31)35-37(41)42)33-18-20-9-7-10-21(17-20)19-36-26(39)29(34-28(36)40,22-11-3-1-4-12-22)23-13-5-2-6-14-23;3-2(4,5)1(6)7/h1-7,9-14,17,24,33H,8,15-16,18-19H2,(H2,30,38)(H,34,40)(H3,31,32,35);(H,6,7)/t24-;/m1./s1. The predicted molar refractivity (Wildman–Crippen MR) is 169 cm³/mol. The van der Waals surface area contributed by atoms with E-state index >= 15 is 0 Å². The van der Waals surface area contributed by atoms with Crippen LogP contribution in [0.4, 0.5) is 18.0 Å². The van der Waals surface area contributed by atoms with Gasteiger partial charge in [-0.3, -0.25) is 14.5 Å². The summed E-state index contributed by atoms with van der Waals surface area (Å²) < 4.78 is 31.7. The third-order valence-corrected chi connectivity index (χ3v) is 7.15. The van der Waals surface area contributed by atoms with Crippen LogP contribution in [0.15, 0.2) is 90.0 Å². The molecule has 1 atom stereocenters. The molecule has 0 bridgehead atoms. The molecule has 1 saturated heterocycles. The number of hydrogen-bond acceptors (Lipinski definition) is 7. The van der Waals surface area contributed by atoms with Gasteiger partial charge in [0, 0.05) is 13.1 Å². The van der Waals surface area contributed by atoms with E-state index in [4.69, 9.17) is 21.4 Å². The van der Waals surface area contributed by atoms with Gasteiger partial charge in [-0.25, -0.2) is 19.7 Å². The third-order valence-electron chi connectivity index (χ3n) is 7.15. The van der Waals surface area contributed by atoms with Gasteiger partial charge in [0.15, 0.2) is 10.6 Å². The number of halogens is 3. The average Bonchev–Trinajstić information content (AvgIpc) is 3.30.